The zero-order valence-corrected chi connectivity index (χ0v) is 8.81. The summed E-state index contributed by atoms with van der Waals surface area (Å²) < 4.78 is 5.34. The molecular formula is C11H17NO3. The summed E-state index contributed by atoms with van der Waals surface area (Å²) in [4.78, 5) is 0. The predicted molar refractivity (Wildman–Crippen MR) is 57.7 cm³/mol. The number of nitrogens with two attached hydrogens (primary N) is 1. The van der Waals surface area contributed by atoms with Crippen molar-refractivity contribution in [2.75, 3.05) is 13.2 Å². The van der Waals surface area contributed by atoms with E-state index < -0.39 is 6.10 Å². The van der Waals surface area contributed by atoms with Crippen molar-refractivity contribution in [1.82, 2.24) is 0 Å². The maximum atomic E-state index is 9.12. The standard InChI is InChI=1S/C11H17NO3/c1-8-4-9(5-12)2-3-11(8)15-7-10(14)6-13/h2-4,10,13-14H,5-7,12H2,1H3/t10-/m0/s1. The average molecular weight is 211 g/mol. The van der Waals surface area contributed by atoms with Gasteiger partial charge in [-0.15, -0.1) is 0 Å². The fourth-order valence-electron chi connectivity index (χ4n) is 1.24. The first-order valence-electron chi connectivity index (χ1n) is 4.88. The van der Waals surface area contributed by atoms with Gasteiger partial charge in [0.25, 0.3) is 0 Å². The van der Waals surface area contributed by atoms with Crippen molar-refractivity contribution in [3.05, 3.63) is 29.3 Å². The molecule has 0 amide bonds. The average Bonchev–Trinajstić information content (AvgIpc) is 2.26. The van der Waals surface area contributed by atoms with Crippen molar-refractivity contribution >= 4 is 0 Å². The SMILES string of the molecule is Cc1cc(CN)ccc1OC[C@@H](O)CO. The second-order valence-electron chi connectivity index (χ2n) is 3.45. The minimum absolute atomic E-state index is 0.0965. The summed E-state index contributed by atoms with van der Waals surface area (Å²) in [5.41, 5.74) is 7.52. The Hall–Kier alpha value is -1.10. The molecule has 0 aliphatic heterocycles. The van der Waals surface area contributed by atoms with Gasteiger partial charge in [0.15, 0.2) is 0 Å². The van der Waals surface area contributed by atoms with Gasteiger partial charge in [0.1, 0.15) is 18.5 Å². The summed E-state index contributed by atoms with van der Waals surface area (Å²) >= 11 is 0. The molecule has 0 bridgehead atoms. The van der Waals surface area contributed by atoms with Crippen molar-refractivity contribution in [3.63, 3.8) is 0 Å². The highest BCUT2D eigenvalue weighted by atomic mass is 16.5. The lowest BCUT2D eigenvalue weighted by Gasteiger charge is -2.12. The van der Waals surface area contributed by atoms with Crippen LogP contribution >= 0.6 is 0 Å². The van der Waals surface area contributed by atoms with Crippen LogP contribution in [-0.4, -0.2) is 29.5 Å². The summed E-state index contributed by atoms with van der Waals surface area (Å²) in [6.45, 7) is 2.22. The second-order valence-corrected chi connectivity index (χ2v) is 3.45. The Bertz CT molecular complexity index is 315. The molecule has 0 aliphatic rings. The molecule has 0 aliphatic carbocycles. The number of aryl methyl sites for hydroxylation is 1. The Labute approximate surface area is 89.3 Å². The minimum Gasteiger partial charge on any atom is -0.491 e. The molecule has 0 aromatic heterocycles. The molecule has 0 spiro atoms. The maximum Gasteiger partial charge on any atom is 0.122 e. The highest BCUT2D eigenvalue weighted by Gasteiger charge is 2.05. The molecule has 0 saturated heterocycles. The van der Waals surface area contributed by atoms with Gasteiger partial charge in [-0.1, -0.05) is 12.1 Å². The molecular weight excluding hydrogens is 194 g/mol. The van der Waals surface area contributed by atoms with Crippen molar-refractivity contribution in [2.24, 2.45) is 5.73 Å². The van der Waals surface area contributed by atoms with Gasteiger partial charge < -0.3 is 20.7 Å². The number of aliphatic hydroxyl groups excluding tert-OH is 2. The van der Waals surface area contributed by atoms with Gasteiger partial charge in [-0.2, -0.15) is 0 Å². The molecule has 4 heteroatoms. The summed E-state index contributed by atoms with van der Waals surface area (Å²) in [5, 5.41) is 17.7. The lowest BCUT2D eigenvalue weighted by atomic mass is 10.1. The van der Waals surface area contributed by atoms with E-state index in [1.807, 2.05) is 25.1 Å². The van der Waals surface area contributed by atoms with E-state index in [1.54, 1.807) is 0 Å². The first-order valence-corrected chi connectivity index (χ1v) is 4.88. The lowest BCUT2D eigenvalue weighted by molar-refractivity contribution is 0.0534. The van der Waals surface area contributed by atoms with E-state index in [0.29, 0.717) is 12.3 Å². The van der Waals surface area contributed by atoms with E-state index in [-0.39, 0.29) is 13.2 Å². The van der Waals surface area contributed by atoms with E-state index in [2.05, 4.69) is 0 Å². The van der Waals surface area contributed by atoms with Crippen molar-refractivity contribution in [3.8, 4) is 5.75 Å². The summed E-state index contributed by atoms with van der Waals surface area (Å²) in [5.74, 6) is 0.708. The normalized spacial score (nSPS) is 12.5. The topological polar surface area (TPSA) is 75.7 Å². The van der Waals surface area contributed by atoms with Crippen LogP contribution in [0.2, 0.25) is 0 Å². The van der Waals surface area contributed by atoms with Gasteiger partial charge in [0, 0.05) is 6.54 Å². The van der Waals surface area contributed by atoms with E-state index in [9.17, 15) is 0 Å². The highest BCUT2D eigenvalue weighted by molar-refractivity contribution is 5.36. The van der Waals surface area contributed by atoms with Crippen molar-refractivity contribution in [1.29, 1.82) is 0 Å². The zero-order valence-electron chi connectivity index (χ0n) is 8.81. The molecule has 15 heavy (non-hydrogen) atoms. The van der Waals surface area contributed by atoms with Crippen LogP contribution < -0.4 is 10.5 Å². The van der Waals surface area contributed by atoms with Gasteiger partial charge in [0.2, 0.25) is 0 Å². The maximum absolute atomic E-state index is 9.12. The first kappa shape index (κ1) is 12.0. The van der Waals surface area contributed by atoms with Gasteiger partial charge in [-0.25, -0.2) is 0 Å². The molecule has 4 N–H and O–H groups in total. The highest BCUT2D eigenvalue weighted by Crippen LogP contribution is 2.18. The fraction of sp³-hybridized carbons (Fsp3) is 0.455. The number of rotatable bonds is 5. The number of ether oxygens (including phenoxy) is 1. The molecule has 0 heterocycles. The number of benzene rings is 1. The largest absolute Gasteiger partial charge is 0.491 e. The molecule has 0 saturated carbocycles. The van der Waals surface area contributed by atoms with Gasteiger partial charge in [-0.05, 0) is 24.1 Å². The summed E-state index contributed by atoms with van der Waals surface area (Å²) in [6, 6.07) is 5.65. The Morgan fingerprint density at radius 3 is 2.73 bits per heavy atom. The summed E-state index contributed by atoms with van der Waals surface area (Å²) in [7, 11) is 0. The Morgan fingerprint density at radius 1 is 1.47 bits per heavy atom. The predicted octanol–water partition coefficient (Wildman–Crippen LogP) is 0.186. The smallest absolute Gasteiger partial charge is 0.122 e. The van der Waals surface area contributed by atoms with E-state index in [1.165, 1.54) is 0 Å². The van der Waals surface area contributed by atoms with Crippen molar-refractivity contribution in [2.45, 2.75) is 19.6 Å². The first-order chi connectivity index (χ1) is 7.17. The van der Waals surface area contributed by atoms with Crippen LogP contribution in [0.15, 0.2) is 18.2 Å². The van der Waals surface area contributed by atoms with Crippen LogP contribution in [0.3, 0.4) is 0 Å². The Kier molecular flexibility index (Phi) is 4.55. The molecule has 1 aromatic carbocycles. The molecule has 1 atom stereocenters. The van der Waals surface area contributed by atoms with Crippen LogP contribution in [0.1, 0.15) is 11.1 Å². The molecule has 0 radical (unpaired) electrons. The zero-order chi connectivity index (χ0) is 11.3. The lowest BCUT2D eigenvalue weighted by Crippen LogP contribution is -2.21. The van der Waals surface area contributed by atoms with E-state index >= 15 is 0 Å². The van der Waals surface area contributed by atoms with Crippen LogP contribution in [0.5, 0.6) is 5.75 Å². The van der Waals surface area contributed by atoms with E-state index in [4.69, 9.17) is 20.7 Å². The third-order valence-corrected chi connectivity index (χ3v) is 2.12. The number of hydrogen-bond donors (Lipinski definition) is 3. The van der Waals surface area contributed by atoms with Gasteiger partial charge in [-0.3, -0.25) is 0 Å². The Morgan fingerprint density at radius 2 is 2.20 bits per heavy atom. The quantitative estimate of drug-likeness (QED) is 0.649. The van der Waals surface area contributed by atoms with Crippen LogP contribution in [0.4, 0.5) is 0 Å². The monoisotopic (exact) mass is 211 g/mol. The summed E-state index contributed by atoms with van der Waals surface area (Å²) in [6.07, 6.45) is -0.835. The molecule has 0 unspecified atom stereocenters. The van der Waals surface area contributed by atoms with E-state index in [0.717, 1.165) is 11.1 Å². The second kappa shape index (κ2) is 5.70. The van der Waals surface area contributed by atoms with Crippen LogP contribution in [-0.2, 0) is 6.54 Å². The van der Waals surface area contributed by atoms with Gasteiger partial charge in [0.05, 0.1) is 6.61 Å². The van der Waals surface area contributed by atoms with Crippen LogP contribution in [0.25, 0.3) is 0 Å². The third kappa shape index (κ3) is 3.51. The molecule has 0 fully saturated rings. The van der Waals surface area contributed by atoms with Crippen LogP contribution in [0, 0.1) is 6.92 Å². The third-order valence-electron chi connectivity index (χ3n) is 2.12. The van der Waals surface area contributed by atoms with Crippen molar-refractivity contribution < 1.29 is 14.9 Å². The minimum atomic E-state index is -0.835. The Balaban J connectivity index is 2.62. The fourth-order valence-corrected chi connectivity index (χ4v) is 1.24. The molecule has 1 aromatic rings. The number of hydrogen-bond acceptors (Lipinski definition) is 4. The van der Waals surface area contributed by atoms with Gasteiger partial charge >= 0.3 is 0 Å². The molecule has 84 valence electrons. The molecule has 1 rings (SSSR count). The number of aliphatic hydroxyl groups is 2. The molecule has 4 nitrogen and oxygen atoms in total.